The number of hydrogen-bond donors (Lipinski definition) is 1. The molecule has 2 aromatic heterocycles. The number of methoxy groups -OCH3 is 1. The predicted octanol–water partition coefficient (Wildman–Crippen LogP) is 4.75. The molecule has 0 aliphatic carbocycles. The Morgan fingerprint density at radius 3 is 2.69 bits per heavy atom. The van der Waals surface area contributed by atoms with Crippen molar-refractivity contribution >= 4 is 22.4 Å². The van der Waals surface area contributed by atoms with Crippen molar-refractivity contribution in [1.29, 1.82) is 0 Å². The smallest absolute Gasteiger partial charge is 0.298 e. The van der Waals surface area contributed by atoms with Crippen LogP contribution in [-0.4, -0.2) is 54.2 Å². The fraction of sp³-hybridized carbons (Fsp3) is 0.480. The van der Waals surface area contributed by atoms with Crippen molar-refractivity contribution in [2.24, 2.45) is 0 Å². The van der Waals surface area contributed by atoms with Gasteiger partial charge in [0.05, 0.1) is 60.0 Å². The molecule has 0 saturated carbocycles. The lowest BCUT2D eigenvalue weighted by Crippen LogP contribution is -2.45. The van der Waals surface area contributed by atoms with Crippen molar-refractivity contribution in [3.63, 3.8) is 0 Å². The van der Waals surface area contributed by atoms with Gasteiger partial charge in [-0.15, -0.1) is 5.10 Å². The van der Waals surface area contributed by atoms with Crippen molar-refractivity contribution in [2.45, 2.75) is 50.7 Å². The Hall–Kier alpha value is -2.98. The Morgan fingerprint density at radius 1 is 1.23 bits per heavy atom. The molecular weight excluding hydrogens is 459 g/mol. The third-order valence-corrected chi connectivity index (χ3v) is 6.88. The van der Waals surface area contributed by atoms with Gasteiger partial charge in [-0.3, -0.25) is 4.98 Å². The molecule has 2 saturated heterocycles. The van der Waals surface area contributed by atoms with Gasteiger partial charge in [0.15, 0.2) is 5.82 Å². The minimum absolute atomic E-state index is 0.101. The van der Waals surface area contributed by atoms with Crippen molar-refractivity contribution in [1.82, 2.24) is 15.2 Å². The maximum atomic E-state index is 15.2. The highest BCUT2D eigenvalue weighted by Gasteiger charge is 2.38. The van der Waals surface area contributed by atoms with Crippen molar-refractivity contribution in [3.05, 3.63) is 53.1 Å². The Balaban J connectivity index is 1.49. The average Bonchev–Trinajstić information content (AvgIpc) is 3.08. The summed E-state index contributed by atoms with van der Waals surface area (Å²) in [5.74, 6) is -3.99. The maximum Gasteiger partial charge on any atom is 0.298 e. The summed E-state index contributed by atoms with van der Waals surface area (Å²) < 4.78 is 54.3. The van der Waals surface area contributed by atoms with E-state index in [1.165, 1.54) is 12.1 Å². The van der Waals surface area contributed by atoms with Crippen molar-refractivity contribution in [3.8, 4) is 0 Å². The molecular formula is C25H28F3N5O2. The highest BCUT2D eigenvalue weighted by Crippen LogP contribution is 2.37. The largest absolute Gasteiger partial charge is 0.378 e. The zero-order chi connectivity index (χ0) is 24.7. The number of pyridine rings is 1. The van der Waals surface area contributed by atoms with Crippen LogP contribution in [0.15, 0.2) is 30.5 Å². The number of anilines is 2. The van der Waals surface area contributed by atoms with Gasteiger partial charge in [-0.25, -0.2) is 4.39 Å². The fourth-order valence-corrected chi connectivity index (χ4v) is 5.16. The molecule has 3 atom stereocenters. The molecule has 5 rings (SSSR count). The van der Waals surface area contributed by atoms with E-state index in [1.54, 1.807) is 6.92 Å². The van der Waals surface area contributed by atoms with Crippen LogP contribution in [0.2, 0.25) is 0 Å². The standard InChI is InChI=1S/C25H28F3N5O2/c1-14(19-5-4-6-21(22(19)26)25(27,28)13-34-3)30-24-20-9-18(10-29-23(20)15(2)31-32-24)33-16-7-8-17(33)12-35-11-16/h4-6,9-10,14,16-17H,7-8,11-13H2,1-3H3,(H,30,32)/t14-,16?,17?/m1/s1. The van der Waals surface area contributed by atoms with E-state index in [-0.39, 0.29) is 5.56 Å². The summed E-state index contributed by atoms with van der Waals surface area (Å²) in [6.07, 6.45) is 3.99. The second kappa shape index (κ2) is 9.23. The zero-order valence-corrected chi connectivity index (χ0v) is 19.9. The Bertz CT molecular complexity index is 1230. The number of morpholine rings is 1. The minimum atomic E-state index is -3.44. The van der Waals surface area contributed by atoms with E-state index in [0.717, 1.165) is 37.1 Å². The molecule has 7 nitrogen and oxygen atoms in total. The molecule has 2 unspecified atom stereocenters. The van der Waals surface area contributed by atoms with Gasteiger partial charge in [0.1, 0.15) is 12.4 Å². The number of fused-ring (bicyclic) bond motifs is 3. The molecule has 2 bridgehead atoms. The Labute approximate surface area is 201 Å². The molecule has 10 heteroatoms. The van der Waals surface area contributed by atoms with Crippen LogP contribution in [0, 0.1) is 12.7 Å². The molecule has 35 heavy (non-hydrogen) atoms. The van der Waals surface area contributed by atoms with E-state index in [1.807, 2.05) is 19.2 Å². The fourth-order valence-electron chi connectivity index (χ4n) is 5.16. The van der Waals surface area contributed by atoms with Gasteiger partial charge in [0.25, 0.3) is 5.92 Å². The second-order valence-electron chi connectivity index (χ2n) is 9.27. The number of aromatic nitrogens is 3. The minimum Gasteiger partial charge on any atom is -0.378 e. The lowest BCUT2D eigenvalue weighted by atomic mass is 10.00. The summed E-state index contributed by atoms with van der Waals surface area (Å²) >= 11 is 0. The maximum absolute atomic E-state index is 15.2. The van der Waals surface area contributed by atoms with E-state index < -0.39 is 30.0 Å². The highest BCUT2D eigenvalue weighted by molar-refractivity contribution is 5.92. The normalized spacial score (nSPS) is 20.9. The Kier molecular flexibility index (Phi) is 6.27. The number of benzene rings is 1. The van der Waals surface area contributed by atoms with E-state index in [0.29, 0.717) is 42.3 Å². The quantitative estimate of drug-likeness (QED) is 0.516. The first-order valence-electron chi connectivity index (χ1n) is 11.7. The molecule has 0 amide bonds. The van der Waals surface area contributed by atoms with Crippen LogP contribution in [0.25, 0.3) is 10.9 Å². The number of nitrogens with one attached hydrogen (secondary N) is 1. The lowest BCUT2D eigenvalue weighted by Gasteiger charge is -2.36. The van der Waals surface area contributed by atoms with Gasteiger partial charge in [-0.1, -0.05) is 12.1 Å². The summed E-state index contributed by atoms with van der Waals surface area (Å²) in [6.45, 7) is 4.00. The first-order valence-corrected chi connectivity index (χ1v) is 11.7. The molecule has 2 aliphatic rings. The first-order chi connectivity index (χ1) is 16.8. The first kappa shape index (κ1) is 23.7. The number of aryl methyl sites for hydroxylation is 1. The third kappa shape index (κ3) is 4.29. The Morgan fingerprint density at radius 2 is 1.97 bits per heavy atom. The van der Waals surface area contributed by atoms with Crippen LogP contribution in [0.1, 0.15) is 42.6 Å². The molecule has 0 spiro atoms. The summed E-state index contributed by atoms with van der Waals surface area (Å²) in [4.78, 5) is 7.03. The second-order valence-corrected chi connectivity index (χ2v) is 9.27. The molecule has 2 aliphatic heterocycles. The molecule has 4 heterocycles. The molecule has 1 N–H and O–H groups in total. The van der Waals surface area contributed by atoms with Crippen molar-refractivity contribution < 1.29 is 22.6 Å². The molecule has 0 radical (unpaired) electrons. The summed E-state index contributed by atoms with van der Waals surface area (Å²) in [6, 6.07) is 5.97. The number of halogens is 3. The number of nitrogens with zero attached hydrogens (tertiary/aromatic N) is 4. The van der Waals surface area contributed by atoms with E-state index in [9.17, 15) is 8.78 Å². The summed E-state index contributed by atoms with van der Waals surface area (Å²) in [5, 5.41) is 12.4. The van der Waals surface area contributed by atoms with Crippen LogP contribution in [-0.2, 0) is 15.4 Å². The van der Waals surface area contributed by atoms with Gasteiger partial charge >= 0.3 is 0 Å². The average molecular weight is 488 g/mol. The summed E-state index contributed by atoms with van der Waals surface area (Å²) in [5.41, 5.74) is 1.73. The highest BCUT2D eigenvalue weighted by atomic mass is 19.3. The summed E-state index contributed by atoms with van der Waals surface area (Å²) in [7, 11) is 1.16. The molecule has 3 aromatic rings. The monoisotopic (exact) mass is 487 g/mol. The van der Waals surface area contributed by atoms with Crippen LogP contribution < -0.4 is 10.2 Å². The number of alkyl halides is 2. The van der Waals surface area contributed by atoms with Crippen LogP contribution in [0.5, 0.6) is 0 Å². The predicted molar refractivity (Wildman–Crippen MR) is 126 cm³/mol. The van der Waals surface area contributed by atoms with E-state index in [2.05, 4.69) is 30.1 Å². The SMILES string of the molecule is COCC(F)(F)c1cccc([C@@H](C)Nc2nnc(C)c3ncc(N4C5CCC4COC5)cc23)c1F. The van der Waals surface area contributed by atoms with Crippen LogP contribution in [0.3, 0.4) is 0 Å². The van der Waals surface area contributed by atoms with Gasteiger partial charge in [0.2, 0.25) is 0 Å². The molecule has 1 aromatic carbocycles. The number of rotatable bonds is 7. The van der Waals surface area contributed by atoms with Gasteiger partial charge < -0.3 is 19.7 Å². The van der Waals surface area contributed by atoms with Crippen molar-refractivity contribution in [2.75, 3.05) is 37.1 Å². The molecule has 186 valence electrons. The third-order valence-electron chi connectivity index (χ3n) is 6.88. The lowest BCUT2D eigenvalue weighted by molar-refractivity contribution is -0.0722. The molecule has 2 fully saturated rings. The number of ether oxygens (including phenoxy) is 2. The van der Waals surface area contributed by atoms with Gasteiger partial charge in [-0.05, 0) is 38.8 Å². The van der Waals surface area contributed by atoms with E-state index >= 15 is 4.39 Å². The van der Waals surface area contributed by atoms with Gasteiger partial charge in [0, 0.05) is 18.1 Å². The van der Waals surface area contributed by atoms with Crippen LogP contribution >= 0.6 is 0 Å². The topological polar surface area (TPSA) is 72.4 Å². The zero-order valence-electron chi connectivity index (χ0n) is 19.9. The van der Waals surface area contributed by atoms with Gasteiger partial charge in [-0.2, -0.15) is 13.9 Å². The number of hydrogen-bond acceptors (Lipinski definition) is 7. The van der Waals surface area contributed by atoms with Crippen LogP contribution in [0.4, 0.5) is 24.7 Å². The van der Waals surface area contributed by atoms with E-state index in [4.69, 9.17) is 4.74 Å².